The summed E-state index contributed by atoms with van der Waals surface area (Å²) < 4.78 is 5.46. The molecule has 2 N–H and O–H groups in total. The minimum absolute atomic E-state index is 0.0867. The van der Waals surface area contributed by atoms with Crippen LogP contribution in [0.25, 0.3) is 0 Å². The van der Waals surface area contributed by atoms with Crippen molar-refractivity contribution >= 4 is 0 Å². The van der Waals surface area contributed by atoms with Crippen molar-refractivity contribution in [1.29, 1.82) is 0 Å². The van der Waals surface area contributed by atoms with E-state index in [1.165, 1.54) is 12.0 Å². The fourth-order valence-corrected chi connectivity index (χ4v) is 2.93. The van der Waals surface area contributed by atoms with Crippen LogP contribution in [-0.4, -0.2) is 24.4 Å². The first-order valence-electron chi connectivity index (χ1n) is 7.83. The van der Waals surface area contributed by atoms with E-state index < -0.39 is 0 Å². The quantitative estimate of drug-likeness (QED) is 0.838. The third-order valence-electron chi connectivity index (χ3n) is 4.16. The molecule has 0 aromatic heterocycles. The maximum Gasteiger partial charge on any atom is 0.119 e. The van der Waals surface area contributed by atoms with Gasteiger partial charge in [-0.15, -0.1) is 0 Å². The zero-order valence-corrected chi connectivity index (χ0v) is 12.6. The maximum atomic E-state index is 9.70. The first-order chi connectivity index (χ1) is 9.69. The lowest BCUT2D eigenvalue weighted by Gasteiger charge is -2.27. The Hall–Kier alpha value is -1.06. The molecule has 20 heavy (non-hydrogen) atoms. The van der Waals surface area contributed by atoms with Crippen LogP contribution < -0.4 is 10.1 Å². The van der Waals surface area contributed by atoms with E-state index in [2.05, 4.69) is 24.4 Å². The molecule has 1 aliphatic carbocycles. The summed E-state index contributed by atoms with van der Waals surface area (Å²) in [6.07, 6.45) is 4.23. The van der Waals surface area contributed by atoms with E-state index in [4.69, 9.17) is 4.74 Å². The van der Waals surface area contributed by atoms with Crippen LogP contribution in [0.3, 0.4) is 0 Å². The molecule has 3 unspecified atom stereocenters. The molecule has 0 aliphatic heterocycles. The monoisotopic (exact) mass is 277 g/mol. The Kier molecular flexibility index (Phi) is 5.86. The summed E-state index contributed by atoms with van der Waals surface area (Å²) in [6, 6.07) is 8.64. The van der Waals surface area contributed by atoms with E-state index in [9.17, 15) is 5.11 Å². The highest BCUT2D eigenvalue weighted by Gasteiger charge is 2.20. The van der Waals surface area contributed by atoms with Gasteiger partial charge in [0.1, 0.15) is 5.75 Å². The third kappa shape index (κ3) is 4.50. The highest BCUT2D eigenvalue weighted by molar-refractivity contribution is 5.28. The van der Waals surface area contributed by atoms with Crippen LogP contribution in [0.4, 0.5) is 0 Å². The topological polar surface area (TPSA) is 41.5 Å². The molecule has 3 atom stereocenters. The molecule has 112 valence electrons. The second kappa shape index (κ2) is 7.65. The summed E-state index contributed by atoms with van der Waals surface area (Å²) in [7, 11) is 0. The third-order valence-corrected chi connectivity index (χ3v) is 4.16. The van der Waals surface area contributed by atoms with Crippen LogP contribution in [0.2, 0.25) is 0 Å². The Balaban J connectivity index is 1.80. The Bertz CT molecular complexity index is 390. The van der Waals surface area contributed by atoms with Crippen molar-refractivity contribution < 1.29 is 9.84 Å². The number of benzene rings is 1. The van der Waals surface area contributed by atoms with Gasteiger partial charge in [0.2, 0.25) is 0 Å². The summed E-state index contributed by atoms with van der Waals surface area (Å²) >= 11 is 0. The van der Waals surface area contributed by atoms with Crippen LogP contribution >= 0.6 is 0 Å². The van der Waals surface area contributed by atoms with E-state index in [1.807, 2.05) is 19.1 Å². The molecule has 0 heterocycles. The number of nitrogens with one attached hydrogen (secondary N) is 1. The maximum absolute atomic E-state index is 9.70. The molecule has 1 aliphatic rings. The second-order valence-corrected chi connectivity index (χ2v) is 5.82. The lowest BCUT2D eigenvalue weighted by molar-refractivity contribution is 0.0998. The van der Waals surface area contributed by atoms with Gasteiger partial charge in [0.15, 0.2) is 0 Å². The van der Waals surface area contributed by atoms with Crippen LogP contribution in [0, 0.1) is 5.92 Å². The molecular weight excluding hydrogens is 250 g/mol. The van der Waals surface area contributed by atoms with E-state index in [0.29, 0.717) is 18.6 Å². The normalized spacial score (nSPS) is 24.4. The van der Waals surface area contributed by atoms with Gasteiger partial charge < -0.3 is 15.2 Å². The predicted molar refractivity (Wildman–Crippen MR) is 82.0 cm³/mol. The van der Waals surface area contributed by atoms with Crippen molar-refractivity contribution in [2.24, 2.45) is 5.92 Å². The largest absolute Gasteiger partial charge is 0.494 e. The molecule has 0 saturated heterocycles. The Morgan fingerprint density at radius 2 is 2.05 bits per heavy atom. The van der Waals surface area contributed by atoms with Crippen molar-refractivity contribution in [1.82, 2.24) is 5.32 Å². The smallest absolute Gasteiger partial charge is 0.119 e. The molecule has 1 saturated carbocycles. The number of ether oxygens (including phenoxy) is 1. The second-order valence-electron chi connectivity index (χ2n) is 5.82. The highest BCUT2D eigenvalue weighted by Crippen LogP contribution is 2.24. The summed E-state index contributed by atoms with van der Waals surface area (Å²) in [5.41, 5.74) is 1.28. The van der Waals surface area contributed by atoms with E-state index in [0.717, 1.165) is 31.6 Å². The summed E-state index contributed by atoms with van der Waals surface area (Å²) in [5.74, 6) is 1.54. The molecule has 0 spiro atoms. The fourth-order valence-electron chi connectivity index (χ4n) is 2.93. The average molecular weight is 277 g/mol. The van der Waals surface area contributed by atoms with E-state index >= 15 is 0 Å². The minimum Gasteiger partial charge on any atom is -0.494 e. The van der Waals surface area contributed by atoms with Gasteiger partial charge in [0.05, 0.1) is 12.7 Å². The van der Waals surface area contributed by atoms with Crippen LogP contribution in [0.5, 0.6) is 5.75 Å². The molecular formula is C17H27NO2. The Labute approximate surface area is 122 Å². The molecule has 0 amide bonds. The molecule has 1 aromatic rings. The van der Waals surface area contributed by atoms with Gasteiger partial charge in [0, 0.05) is 6.04 Å². The molecule has 3 heteroatoms. The lowest BCUT2D eigenvalue weighted by atomic mass is 9.87. The molecule has 0 bridgehead atoms. The van der Waals surface area contributed by atoms with Crippen LogP contribution in [-0.2, 0) is 0 Å². The van der Waals surface area contributed by atoms with Gasteiger partial charge >= 0.3 is 0 Å². The molecule has 1 aromatic carbocycles. The molecule has 1 fully saturated rings. The standard InChI is InChI=1S/C17H27NO2/c1-3-20-17-9-7-15(8-10-17)13(2)18-12-14-5-4-6-16(19)11-14/h7-10,13-14,16,18-19H,3-6,11-12H2,1-2H3. The number of rotatable bonds is 6. The van der Waals surface area contributed by atoms with Gasteiger partial charge in [-0.25, -0.2) is 0 Å². The summed E-state index contributed by atoms with van der Waals surface area (Å²) in [4.78, 5) is 0. The van der Waals surface area contributed by atoms with Crippen molar-refractivity contribution in [3.63, 3.8) is 0 Å². The SMILES string of the molecule is CCOc1ccc(C(C)NCC2CCCC(O)C2)cc1. The summed E-state index contributed by atoms with van der Waals surface area (Å²) in [6.45, 7) is 5.88. The number of aliphatic hydroxyl groups is 1. The fraction of sp³-hybridized carbons (Fsp3) is 0.647. The highest BCUT2D eigenvalue weighted by atomic mass is 16.5. The molecule has 0 radical (unpaired) electrons. The van der Waals surface area contributed by atoms with Crippen molar-refractivity contribution in [3.05, 3.63) is 29.8 Å². The summed E-state index contributed by atoms with van der Waals surface area (Å²) in [5, 5.41) is 13.3. The molecule has 3 nitrogen and oxygen atoms in total. The van der Waals surface area contributed by atoms with E-state index in [-0.39, 0.29) is 6.10 Å². The lowest BCUT2D eigenvalue weighted by Crippen LogP contribution is -2.30. The van der Waals surface area contributed by atoms with Gasteiger partial charge in [-0.05, 0) is 63.3 Å². The average Bonchev–Trinajstić information content (AvgIpc) is 2.46. The van der Waals surface area contributed by atoms with Crippen molar-refractivity contribution in [2.45, 2.75) is 51.7 Å². The van der Waals surface area contributed by atoms with Crippen LogP contribution in [0.15, 0.2) is 24.3 Å². The zero-order valence-electron chi connectivity index (χ0n) is 12.6. The van der Waals surface area contributed by atoms with Gasteiger partial charge in [0.25, 0.3) is 0 Å². The first-order valence-corrected chi connectivity index (χ1v) is 7.83. The van der Waals surface area contributed by atoms with Crippen LogP contribution in [0.1, 0.15) is 51.1 Å². The number of hydrogen-bond acceptors (Lipinski definition) is 3. The van der Waals surface area contributed by atoms with Gasteiger partial charge in [-0.2, -0.15) is 0 Å². The Morgan fingerprint density at radius 1 is 1.30 bits per heavy atom. The minimum atomic E-state index is -0.0867. The number of hydrogen-bond donors (Lipinski definition) is 2. The van der Waals surface area contributed by atoms with Gasteiger partial charge in [-0.3, -0.25) is 0 Å². The molecule has 2 rings (SSSR count). The predicted octanol–water partition coefficient (Wildman–Crippen LogP) is 3.29. The Morgan fingerprint density at radius 3 is 2.70 bits per heavy atom. The van der Waals surface area contributed by atoms with Crippen molar-refractivity contribution in [2.75, 3.05) is 13.2 Å². The van der Waals surface area contributed by atoms with Crippen molar-refractivity contribution in [3.8, 4) is 5.75 Å². The first kappa shape index (κ1) is 15.3. The number of aliphatic hydroxyl groups excluding tert-OH is 1. The zero-order chi connectivity index (χ0) is 14.4. The van der Waals surface area contributed by atoms with E-state index in [1.54, 1.807) is 0 Å². The van der Waals surface area contributed by atoms with Gasteiger partial charge in [-0.1, -0.05) is 18.6 Å².